The van der Waals surface area contributed by atoms with E-state index in [1.54, 1.807) is 35.4 Å². The molecule has 0 unspecified atom stereocenters. The van der Waals surface area contributed by atoms with Gasteiger partial charge in [0.15, 0.2) is 5.65 Å². The van der Waals surface area contributed by atoms with Crippen molar-refractivity contribution in [3.05, 3.63) is 47.9 Å². The van der Waals surface area contributed by atoms with E-state index in [-0.39, 0.29) is 11.9 Å². The highest BCUT2D eigenvalue weighted by Crippen LogP contribution is 2.39. The van der Waals surface area contributed by atoms with E-state index in [2.05, 4.69) is 20.1 Å². The van der Waals surface area contributed by atoms with Crippen molar-refractivity contribution in [2.24, 2.45) is 7.05 Å². The number of halogens is 1. The Hall–Kier alpha value is -3.26. The topological polar surface area (TPSA) is 77.8 Å². The zero-order valence-electron chi connectivity index (χ0n) is 17.8. The average Bonchev–Trinajstić information content (AvgIpc) is 3.34. The van der Waals surface area contributed by atoms with Crippen molar-refractivity contribution in [1.29, 1.82) is 0 Å². The van der Waals surface area contributed by atoms with Crippen LogP contribution in [0.5, 0.6) is 5.75 Å². The molecule has 31 heavy (non-hydrogen) atoms. The number of hydrogen-bond donors (Lipinski definition) is 1. The molecule has 1 N–H and O–H groups in total. The smallest absolute Gasteiger partial charge is 0.178 e. The minimum absolute atomic E-state index is 0.0422. The lowest BCUT2D eigenvalue weighted by Crippen LogP contribution is -2.25. The molecule has 0 radical (unpaired) electrons. The average molecular weight is 421 g/mol. The summed E-state index contributed by atoms with van der Waals surface area (Å²) in [7, 11) is 1.87. The number of ether oxygens (including phenoxy) is 2. The van der Waals surface area contributed by atoms with Crippen molar-refractivity contribution in [2.75, 3.05) is 13.2 Å². The van der Waals surface area contributed by atoms with Gasteiger partial charge in [-0.25, -0.2) is 14.4 Å². The summed E-state index contributed by atoms with van der Waals surface area (Å²) in [4.78, 5) is 11.6. The zero-order chi connectivity index (χ0) is 21.5. The fourth-order valence-electron chi connectivity index (χ4n) is 4.27. The second kappa shape index (κ2) is 7.77. The summed E-state index contributed by atoms with van der Waals surface area (Å²) in [5.74, 6) is 0.311. The Morgan fingerprint density at radius 2 is 1.90 bits per heavy atom. The van der Waals surface area contributed by atoms with Crippen LogP contribution in [0.4, 0.5) is 4.39 Å². The number of imidazole rings is 1. The van der Waals surface area contributed by atoms with Gasteiger partial charge >= 0.3 is 0 Å². The first-order valence-corrected chi connectivity index (χ1v) is 10.4. The van der Waals surface area contributed by atoms with E-state index in [0.717, 1.165) is 29.8 Å². The number of nitrogens with one attached hydrogen (secondary N) is 1. The Labute approximate surface area is 179 Å². The third-order valence-corrected chi connectivity index (χ3v) is 5.91. The van der Waals surface area contributed by atoms with Gasteiger partial charge in [-0.1, -0.05) is 0 Å². The van der Waals surface area contributed by atoms with Crippen molar-refractivity contribution in [3.63, 3.8) is 0 Å². The van der Waals surface area contributed by atoms with Crippen molar-refractivity contribution in [2.45, 2.75) is 32.8 Å². The summed E-state index contributed by atoms with van der Waals surface area (Å²) in [6.45, 7) is 5.18. The standard InChI is InChI=1S/C23H24FN5O2/c1-13-20(14(2)29(3)28-13)19-11-16(31-15-5-8-30-9-6-15)10-18(21(19)24)17-4-7-25-23-22(17)26-12-27-23/h4,7,10-12,15H,5-6,8-9H2,1-3H3,(H,25,26,27). The van der Waals surface area contributed by atoms with E-state index in [1.165, 1.54) is 0 Å². The summed E-state index contributed by atoms with van der Waals surface area (Å²) in [6, 6.07) is 5.35. The Bertz CT molecular complexity index is 1260. The molecular formula is C23H24FN5O2. The lowest BCUT2D eigenvalue weighted by atomic mass is 9.96. The van der Waals surface area contributed by atoms with Crippen LogP contribution in [0.3, 0.4) is 0 Å². The highest BCUT2D eigenvalue weighted by molar-refractivity contribution is 5.91. The van der Waals surface area contributed by atoms with Gasteiger partial charge in [0.2, 0.25) is 0 Å². The predicted molar refractivity (Wildman–Crippen MR) is 115 cm³/mol. The van der Waals surface area contributed by atoms with Gasteiger partial charge in [-0.15, -0.1) is 0 Å². The van der Waals surface area contributed by atoms with Crippen LogP contribution in [0.15, 0.2) is 30.7 Å². The van der Waals surface area contributed by atoms with Crippen molar-refractivity contribution in [3.8, 4) is 28.0 Å². The van der Waals surface area contributed by atoms with Crippen LogP contribution in [0.25, 0.3) is 33.4 Å². The normalized spacial score (nSPS) is 15.0. The van der Waals surface area contributed by atoms with E-state index >= 15 is 4.39 Å². The molecule has 4 aromatic rings. The fraction of sp³-hybridized carbons (Fsp3) is 0.348. The summed E-state index contributed by atoms with van der Waals surface area (Å²) >= 11 is 0. The molecule has 7 nitrogen and oxygen atoms in total. The van der Waals surface area contributed by atoms with E-state index in [0.29, 0.717) is 46.8 Å². The van der Waals surface area contributed by atoms with Crippen LogP contribution < -0.4 is 4.74 Å². The van der Waals surface area contributed by atoms with Gasteiger partial charge in [0.1, 0.15) is 17.7 Å². The first-order chi connectivity index (χ1) is 15.0. The monoisotopic (exact) mass is 421 g/mol. The number of pyridine rings is 1. The molecule has 1 aliphatic rings. The van der Waals surface area contributed by atoms with Crippen molar-refractivity contribution >= 4 is 11.2 Å². The van der Waals surface area contributed by atoms with Gasteiger partial charge in [0, 0.05) is 54.0 Å². The largest absolute Gasteiger partial charge is 0.490 e. The lowest BCUT2D eigenvalue weighted by molar-refractivity contribution is 0.0256. The second-order valence-electron chi connectivity index (χ2n) is 7.89. The number of aromatic nitrogens is 5. The molecule has 5 rings (SSSR count). The maximum atomic E-state index is 16.0. The van der Waals surface area contributed by atoms with Crippen LogP contribution in [0.2, 0.25) is 0 Å². The quantitative estimate of drug-likeness (QED) is 0.530. The number of aromatic amines is 1. The van der Waals surface area contributed by atoms with E-state index < -0.39 is 0 Å². The SMILES string of the molecule is Cc1nn(C)c(C)c1-c1cc(OC2CCOCC2)cc(-c2ccnc3nc[nH]c23)c1F. The highest BCUT2D eigenvalue weighted by atomic mass is 19.1. The highest BCUT2D eigenvalue weighted by Gasteiger charge is 2.23. The third kappa shape index (κ3) is 3.46. The van der Waals surface area contributed by atoms with Crippen LogP contribution >= 0.6 is 0 Å². The van der Waals surface area contributed by atoms with Gasteiger partial charge in [0.05, 0.1) is 30.8 Å². The molecule has 1 aromatic carbocycles. The van der Waals surface area contributed by atoms with Crippen LogP contribution in [-0.2, 0) is 11.8 Å². The number of hydrogen-bond acceptors (Lipinski definition) is 5. The Morgan fingerprint density at radius 3 is 2.65 bits per heavy atom. The summed E-state index contributed by atoms with van der Waals surface area (Å²) in [5, 5.41) is 4.48. The molecule has 1 saturated heterocycles. The van der Waals surface area contributed by atoms with Gasteiger partial charge in [-0.2, -0.15) is 5.10 Å². The molecule has 0 bridgehead atoms. The maximum Gasteiger partial charge on any atom is 0.178 e. The molecule has 0 amide bonds. The third-order valence-electron chi connectivity index (χ3n) is 5.91. The predicted octanol–water partition coefficient (Wildman–Crippen LogP) is 4.34. The summed E-state index contributed by atoms with van der Waals surface area (Å²) < 4.78 is 29.6. The molecule has 0 aliphatic carbocycles. The van der Waals surface area contributed by atoms with E-state index in [4.69, 9.17) is 9.47 Å². The minimum Gasteiger partial charge on any atom is -0.490 e. The zero-order valence-corrected chi connectivity index (χ0v) is 17.8. The molecule has 3 aromatic heterocycles. The first-order valence-electron chi connectivity index (χ1n) is 10.4. The van der Waals surface area contributed by atoms with Crippen LogP contribution in [0.1, 0.15) is 24.2 Å². The van der Waals surface area contributed by atoms with Crippen molar-refractivity contribution in [1.82, 2.24) is 24.7 Å². The Kier molecular flexibility index (Phi) is 4.94. The van der Waals surface area contributed by atoms with Gasteiger partial charge in [-0.3, -0.25) is 4.68 Å². The molecule has 1 aliphatic heterocycles. The van der Waals surface area contributed by atoms with Gasteiger partial charge in [-0.05, 0) is 32.0 Å². The molecule has 0 saturated carbocycles. The maximum absolute atomic E-state index is 16.0. The van der Waals surface area contributed by atoms with Crippen LogP contribution in [-0.4, -0.2) is 44.1 Å². The molecule has 1 fully saturated rings. The Balaban J connectivity index is 1.71. The molecule has 0 spiro atoms. The van der Waals surface area contributed by atoms with E-state index in [9.17, 15) is 0 Å². The second-order valence-corrected chi connectivity index (χ2v) is 7.89. The van der Waals surface area contributed by atoms with Crippen LogP contribution in [0, 0.1) is 19.7 Å². The number of nitrogens with zero attached hydrogens (tertiary/aromatic N) is 4. The lowest BCUT2D eigenvalue weighted by Gasteiger charge is -2.24. The van der Waals surface area contributed by atoms with Gasteiger partial charge < -0.3 is 14.5 Å². The first kappa shape index (κ1) is 19.7. The number of aryl methyl sites for hydroxylation is 2. The molecule has 4 heterocycles. The number of rotatable bonds is 4. The Morgan fingerprint density at radius 1 is 1.13 bits per heavy atom. The summed E-state index contributed by atoms with van der Waals surface area (Å²) in [6.07, 6.45) is 4.88. The molecular weight excluding hydrogens is 397 g/mol. The number of fused-ring (bicyclic) bond motifs is 1. The minimum atomic E-state index is -0.319. The number of H-pyrrole nitrogens is 1. The molecule has 8 heteroatoms. The molecule has 160 valence electrons. The summed E-state index contributed by atoms with van der Waals surface area (Å²) in [5.41, 5.74) is 5.30. The molecule has 0 atom stereocenters. The van der Waals surface area contributed by atoms with Crippen molar-refractivity contribution < 1.29 is 13.9 Å². The number of benzene rings is 1. The van der Waals surface area contributed by atoms with E-state index in [1.807, 2.05) is 20.9 Å². The fourth-order valence-corrected chi connectivity index (χ4v) is 4.27. The van der Waals surface area contributed by atoms with Gasteiger partial charge in [0.25, 0.3) is 0 Å².